The first-order chi connectivity index (χ1) is 10.8. The molecule has 1 rings (SSSR count). The van der Waals surface area contributed by atoms with Crippen LogP contribution >= 0.6 is 0 Å². The predicted octanol–water partition coefficient (Wildman–Crippen LogP) is 5.10. The molecule has 0 radical (unpaired) electrons. The first-order valence-electron chi connectivity index (χ1n) is 8.52. The Morgan fingerprint density at radius 2 is 1.70 bits per heavy atom. The first-order valence-corrected chi connectivity index (χ1v) is 9.96. The van der Waals surface area contributed by atoms with E-state index in [2.05, 4.69) is 6.92 Å². The number of rotatable bonds is 10. The lowest BCUT2D eigenvalue weighted by Crippen LogP contribution is -2.07. The molecule has 0 atom stereocenters. The zero-order valence-electron chi connectivity index (χ0n) is 14.8. The summed E-state index contributed by atoms with van der Waals surface area (Å²) >= 11 is 0. The predicted molar refractivity (Wildman–Crippen MR) is 94.0 cm³/mol. The third kappa shape index (κ3) is 6.51. The lowest BCUT2D eigenvalue weighted by Gasteiger charge is -2.17. The van der Waals surface area contributed by atoms with Crippen LogP contribution in [-0.2, 0) is 10.1 Å². The maximum Gasteiger partial charge on any atom is 0.294 e. The summed E-state index contributed by atoms with van der Waals surface area (Å²) in [6.45, 7) is 8.47. The van der Waals surface area contributed by atoms with Crippen LogP contribution in [0.4, 0.5) is 0 Å². The second kappa shape index (κ2) is 9.28. The van der Waals surface area contributed by atoms with Crippen molar-refractivity contribution in [3.05, 3.63) is 23.3 Å². The van der Waals surface area contributed by atoms with E-state index in [1.807, 2.05) is 13.8 Å². The van der Waals surface area contributed by atoms with Crippen molar-refractivity contribution < 1.29 is 17.7 Å². The van der Waals surface area contributed by atoms with Crippen molar-refractivity contribution in [2.45, 2.75) is 77.0 Å². The van der Waals surface area contributed by atoms with Crippen LogP contribution in [0, 0.1) is 6.92 Å². The molecule has 0 spiro atoms. The average molecular weight is 343 g/mol. The molecule has 0 aliphatic heterocycles. The minimum absolute atomic E-state index is 0.0342. The van der Waals surface area contributed by atoms with Crippen LogP contribution in [0.3, 0.4) is 0 Å². The van der Waals surface area contributed by atoms with Crippen LogP contribution in [0.1, 0.15) is 76.3 Å². The fourth-order valence-electron chi connectivity index (χ4n) is 2.60. The Bertz CT molecular complexity index is 591. The Morgan fingerprint density at radius 3 is 2.26 bits per heavy atom. The molecule has 0 aromatic heterocycles. The molecule has 0 bridgehead atoms. The Kier molecular flexibility index (Phi) is 8.06. The monoisotopic (exact) mass is 342 g/mol. The third-order valence-electron chi connectivity index (χ3n) is 3.96. The summed E-state index contributed by atoms with van der Waals surface area (Å²) in [5.41, 5.74) is 1.32. The van der Waals surface area contributed by atoms with Crippen LogP contribution in [0.5, 0.6) is 5.75 Å². The van der Waals surface area contributed by atoms with E-state index < -0.39 is 10.1 Å². The minimum Gasteiger partial charge on any atom is -0.493 e. The highest BCUT2D eigenvalue weighted by Gasteiger charge is 2.18. The standard InChI is InChI=1S/C18H30O4S/c1-5-6-7-8-9-10-11-22-17-12-15(4)18(23(19,20)21)13-16(17)14(2)3/h12-14H,5-11H2,1-4H3,(H,19,20,21). The molecule has 0 unspecified atom stereocenters. The van der Waals surface area contributed by atoms with E-state index in [0.717, 1.165) is 24.2 Å². The van der Waals surface area contributed by atoms with Crippen LogP contribution in [0.25, 0.3) is 0 Å². The highest BCUT2D eigenvalue weighted by Crippen LogP contribution is 2.31. The molecular weight excluding hydrogens is 312 g/mol. The van der Waals surface area contributed by atoms with Gasteiger partial charge in [0.05, 0.1) is 11.5 Å². The van der Waals surface area contributed by atoms with Crippen molar-refractivity contribution in [1.82, 2.24) is 0 Å². The molecule has 0 saturated carbocycles. The molecule has 0 fully saturated rings. The van der Waals surface area contributed by atoms with Gasteiger partial charge in [-0.25, -0.2) is 0 Å². The number of unbranched alkanes of at least 4 members (excludes halogenated alkanes) is 5. The topological polar surface area (TPSA) is 63.6 Å². The van der Waals surface area contributed by atoms with Gasteiger partial charge >= 0.3 is 0 Å². The average Bonchev–Trinajstić information content (AvgIpc) is 2.44. The van der Waals surface area contributed by atoms with E-state index in [9.17, 15) is 13.0 Å². The molecule has 0 heterocycles. The van der Waals surface area contributed by atoms with Gasteiger partial charge in [0, 0.05) is 0 Å². The number of ether oxygens (including phenoxy) is 1. The normalized spacial score (nSPS) is 11.9. The molecule has 1 aromatic rings. The van der Waals surface area contributed by atoms with E-state index in [1.54, 1.807) is 13.0 Å². The van der Waals surface area contributed by atoms with Gasteiger partial charge < -0.3 is 4.74 Å². The Labute approximate surface area is 141 Å². The maximum absolute atomic E-state index is 11.4. The molecule has 0 aliphatic carbocycles. The van der Waals surface area contributed by atoms with E-state index in [1.165, 1.54) is 31.7 Å². The van der Waals surface area contributed by atoms with Crippen molar-refractivity contribution >= 4 is 10.1 Å². The number of benzene rings is 1. The van der Waals surface area contributed by atoms with Gasteiger partial charge in [-0.1, -0.05) is 52.9 Å². The Hall–Kier alpha value is -1.07. The summed E-state index contributed by atoms with van der Waals surface area (Å²) in [6.07, 6.45) is 7.19. The van der Waals surface area contributed by atoms with Crippen LogP contribution in [0.15, 0.2) is 17.0 Å². The van der Waals surface area contributed by atoms with Crippen LogP contribution in [0.2, 0.25) is 0 Å². The number of hydrogen-bond acceptors (Lipinski definition) is 3. The summed E-state index contributed by atoms with van der Waals surface area (Å²) in [4.78, 5) is -0.0342. The van der Waals surface area contributed by atoms with Gasteiger partial charge in [0.2, 0.25) is 0 Å². The fourth-order valence-corrected chi connectivity index (χ4v) is 3.34. The van der Waals surface area contributed by atoms with Crippen LogP contribution < -0.4 is 4.74 Å². The van der Waals surface area contributed by atoms with Crippen molar-refractivity contribution in [3.63, 3.8) is 0 Å². The molecule has 0 aliphatic rings. The van der Waals surface area contributed by atoms with E-state index in [-0.39, 0.29) is 10.8 Å². The van der Waals surface area contributed by atoms with Gasteiger partial charge in [0.1, 0.15) is 5.75 Å². The molecule has 1 aromatic carbocycles. The summed E-state index contributed by atoms with van der Waals surface area (Å²) in [7, 11) is -4.20. The molecule has 0 amide bonds. The Balaban J connectivity index is 2.73. The zero-order chi connectivity index (χ0) is 17.5. The Morgan fingerprint density at radius 1 is 1.09 bits per heavy atom. The number of aryl methyl sites for hydroxylation is 1. The van der Waals surface area contributed by atoms with Gasteiger partial charge in [0.15, 0.2) is 0 Å². The van der Waals surface area contributed by atoms with Gasteiger partial charge in [-0.2, -0.15) is 8.42 Å². The van der Waals surface area contributed by atoms with E-state index in [0.29, 0.717) is 12.2 Å². The van der Waals surface area contributed by atoms with Crippen molar-refractivity contribution in [1.29, 1.82) is 0 Å². The molecule has 132 valence electrons. The highest BCUT2D eigenvalue weighted by molar-refractivity contribution is 7.85. The van der Waals surface area contributed by atoms with Crippen molar-refractivity contribution in [3.8, 4) is 5.75 Å². The SMILES string of the molecule is CCCCCCCCOc1cc(C)c(S(=O)(=O)O)cc1C(C)C. The lowest BCUT2D eigenvalue weighted by atomic mass is 10.0. The fraction of sp³-hybridized carbons (Fsp3) is 0.667. The molecule has 0 saturated heterocycles. The largest absolute Gasteiger partial charge is 0.493 e. The summed E-state index contributed by atoms with van der Waals surface area (Å²) in [5, 5.41) is 0. The molecule has 1 N–H and O–H groups in total. The second-order valence-electron chi connectivity index (χ2n) is 6.40. The van der Waals surface area contributed by atoms with Crippen LogP contribution in [-0.4, -0.2) is 19.6 Å². The first kappa shape index (κ1) is 20.0. The quantitative estimate of drug-likeness (QED) is 0.474. The molecular formula is C18H30O4S. The smallest absolute Gasteiger partial charge is 0.294 e. The van der Waals surface area contributed by atoms with Gasteiger partial charge in [-0.15, -0.1) is 0 Å². The summed E-state index contributed by atoms with van der Waals surface area (Å²) in [5.74, 6) is 0.842. The van der Waals surface area contributed by atoms with Crippen molar-refractivity contribution in [2.24, 2.45) is 0 Å². The second-order valence-corrected chi connectivity index (χ2v) is 7.79. The van der Waals surface area contributed by atoms with Gasteiger partial charge in [0.25, 0.3) is 10.1 Å². The molecule has 4 nitrogen and oxygen atoms in total. The summed E-state index contributed by atoms with van der Waals surface area (Å²) < 4.78 is 38.1. The maximum atomic E-state index is 11.4. The van der Waals surface area contributed by atoms with Crippen molar-refractivity contribution in [2.75, 3.05) is 6.61 Å². The third-order valence-corrected chi connectivity index (χ3v) is 4.96. The lowest BCUT2D eigenvalue weighted by molar-refractivity contribution is 0.300. The minimum atomic E-state index is -4.20. The molecule has 5 heteroatoms. The zero-order valence-corrected chi connectivity index (χ0v) is 15.6. The van der Waals surface area contributed by atoms with Gasteiger partial charge in [-0.05, 0) is 42.5 Å². The highest BCUT2D eigenvalue weighted by atomic mass is 32.2. The van der Waals surface area contributed by atoms with Gasteiger partial charge in [-0.3, -0.25) is 4.55 Å². The summed E-state index contributed by atoms with van der Waals surface area (Å²) in [6, 6.07) is 3.25. The number of hydrogen-bond donors (Lipinski definition) is 1. The van der Waals surface area contributed by atoms with E-state index in [4.69, 9.17) is 4.74 Å². The van der Waals surface area contributed by atoms with E-state index >= 15 is 0 Å². The molecule has 23 heavy (non-hydrogen) atoms.